The molecule has 30 heavy (non-hydrogen) atoms. The fourth-order valence-corrected chi connectivity index (χ4v) is 3.02. The molecule has 2 aromatic heterocycles. The number of pyridine rings is 1. The van der Waals surface area contributed by atoms with Crippen molar-refractivity contribution >= 4 is 29.1 Å². The largest absolute Gasteiger partial charge is 0.458 e. The smallest absolute Gasteiger partial charge is 0.329 e. The zero-order valence-corrected chi connectivity index (χ0v) is 17.6. The third-order valence-electron chi connectivity index (χ3n) is 4.54. The van der Waals surface area contributed by atoms with Crippen LogP contribution >= 0.6 is 11.6 Å². The highest BCUT2D eigenvalue weighted by Gasteiger charge is 2.26. The fraction of sp³-hybridized carbons (Fsp3) is 0.273. The number of carbonyl (C=O) groups excluding carboxylic acids is 2. The first-order valence-electron chi connectivity index (χ1n) is 9.46. The Balaban J connectivity index is 1.70. The minimum absolute atomic E-state index is 0.168. The Bertz CT molecular complexity index is 1140. The Morgan fingerprint density at radius 3 is 2.53 bits per heavy atom. The van der Waals surface area contributed by atoms with Crippen LogP contribution in [0.25, 0.3) is 5.65 Å². The molecule has 0 fully saturated rings. The van der Waals surface area contributed by atoms with Gasteiger partial charge in [0.1, 0.15) is 18.3 Å². The van der Waals surface area contributed by atoms with E-state index in [-0.39, 0.29) is 18.1 Å². The van der Waals surface area contributed by atoms with Gasteiger partial charge in [-0.2, -0.15) is 0 Å². The Hall–Kier alpha value is -3.19. The maximum absolute atomic E-state index is 12.6. The number of esters is 1. The van der Waals surface area contributed by atoms with Gasteiger partial charge in [-0.15, -0.1) is 0 Å². The van der Waals surface area contributed by atoms with Crippen molar-refractivity contribution in [3.8, 4) is 0 Å². The second-order valence-electron chi connectivity index (χ2n) is 7.33. The molecule has 1 atom stereocenters. The topological polar surface area (TPSA) is 89.8 Å². The molecule has 156 valence electrons. The number of amides is 1. The number of benzene rings is 1. The number of aromatic nitrogens is 2. The van der Waals surface area contributed by atoms with E-state index in [2.05, 4.69) is 10.3 Å². The van der Waals surface area contributed by atoms with Crippen LogP contribution in [0.15, 0.2) is 53.5 Å². The summed E-state index contributed by atoms with van der Waals surface area (Å²) in [6, 6.07) is 10.4. The highest BCUT2D eigenvalue weighted by molar-refractivity contribution is 6.30. The van der Waals surface area contributed by atoms with Gasteiger partial charge >= 0.3 is 5.97 Å². The first kappa shape index (κ1) is 21.5. The van der Waals surface area contributed by atoms with Gasteiger partial charge in [0.15, 0.2) is 0 Å². The second-order valence-corrected chi connectivity index (χ2v) is 7.77. The first-order valence-corrected chi connectivity index (χ1v) is 9.84. The first-order chi connectivity index (χ1) is 14.2. The molecule has 0 aliphatic carbocycles. The zero-order chi connectivity index (χ0) is 21.8. The summed E-state index contributed by atoms with van der Waals surface area (Å²) in [5.74, 6) is -1.20. The summed E-state index contributed by atoms with van der Waals surface area (Å²) in [4.78, 5) is 41.7. The molecule has 0 aliphatic rings. The molecule has 0 bridgehead atoms. The van der Waals surface area contributed by atoms with E-state index in [1.807, 2.05) is 13.0 Å². The number of fused-ring (bicyclic) bond motifs is 1. The van der Waals surface area contributed by atoms with Crippen LogP contribution in [0.3, 0.4) is 0 Å². The fourth-order valence-electron chi connectivity index (χ4n) is 2.89. The molecule has 0 spiro atoms. The SMILES string of the molecule is Cc1ccc2nc(COC(=O)C(NC(=O)c3ccc(Cl)cc3)C(C)C)cc(=O)n2c1. The molecule has 7 nitrogen and oxygen atoms in total. The molecule has 2 heterocycles. The summed E-state index contributed by atoms with van der Waals surface area (Å²) in [5, 5.41) is 3.21. The van der Waals surface area contributed by atoms with Gasteiger partial charge in [-0.3, -0.25) is 14.0 Å². The zero-order valence-electron chi connectivity index (χ0n) is 16.9. The Kier molecular flexibility index (Phi) is 6.52. The van der Waals surface area contributed by atoms with E-state index in [0.29, 0.717) is 21.9 Å². The number of hydrogen-bond acceptors (Lipinski definition) is 5. The van der Waals surface area contributed by atoms with Crippen molar-refractivity contribution in [1.29, 1.82) is 0 Å². The number of halogens is 1. The molecule has 0 saturated heterocycles. The van der Waals surface area contributed by atoms with Crippen LogP contribution in [0.2, 0.25) is 5.02 Å². The summed E-state index contributed by atoms with van der Waals surface area (Å²) in [5.41, 5.74) is 1.87. The average molecular weight is 428 g/mol. The van der Waals surface area contributed by atoms with E-state index in [4.69, 9.17) is 16.3 Å². The van der Waals surface area contributed by atoms with Gasteiger partial charge in [0, 0.05) is 22.8 Å². The van der Waals surface area contributed by atoms with E-state index < -0.39 is 17.9 Å². The molecule has 3 aromatic rings. The molecule has 0 aliphatic heterocycles. The number of aryl methyl sites for hydroxylation is 1. The van der Waals surface area contributed by atoms with E-state index in [1.165, 1.54) is 10.5 Å². The Morgan fingerprint density at radius 2 is 1.87 bits per heavy atom. The van der Waals surface area contributed by atoms with Crippen molar-refractivity contribution in [3.05, 3.63) is 80.9 Å². The second kappa shape index (κ2) is 9.09. The van der Waals surface area contributed by atoms with Gasteiger partial charge in [-0.1, -0.05) is 31.5 Å². The maximum Gasteiger partial charge on any atom is 0.329 e. The van der Waals surface area contributed by atoms with Crippen LogP contribution < -0.4 is 10.9 Å². The minimum atomic E-state index is -0.850. The van der Waals surface area contributed by atoms with Crippen molar-refractivity contribution in [1.82, 2.24) is 14.7 Å². The normalized spacial score (nSPS) is 12.0. The summed E-state index contributed by atoms with van der Waals surface area (Å²) >= 11 is 5.84. The van der Waals surface area contributed by atoms with Crippen LogP contribution in [0.5, 0.6) is 0 Å². The number of ether oxygens (including phenoxy) is 1. The van der Waals surface area contributed by atoms with E-state index >= 15 is 0 Å². The summed E-state index contributed by atoms with van der Waals surface area (Å²) in [6.07, 6.45) is 1.70. The van der Waals surface area contributed by atoms with Gasteiger partial charge in [-0.25, -0.2) is 9.78 Å². The summed E-state index contributed by atoms with van der Waals surface area (Å²) in [6.45, 7) is 5.32. The summed E-state index contributed by atoms with van der Waals surface area (Å²) < 4.78 is 6.78. The van der Waals surface area contributed by atoms with Crippen molar-refractivity contribution < 1.29 is 14.3 Å². The molecular formula is C22H22ClN3O4. The predicted octanol–water partition coefficient (Wildman–Crippen LogP) is 3.15. The van der Waals surface area contributed by atoms with Crippen LogP contribution in [-0.4, -0.2) is 27.3 Å². The maximum atomic E-state index is 12.6. The lowest BCUT2D eigenvalue weighted by atomic mass is 10.0. The van der Waals surface area contributed by atoms with Gasteiger partial charge in [-0.05, 0) is 48.7 Å². The predicted molar refractivity (Wildman–Crippen MR) is 114 cm³/mol. The minimum Gasteiger partial charge on any atom is -0.458 e. The molecular weight excluding hydrogens is 406 g/mol. The van der Waals surface area contributed by atoms with Crippen molar-refractivity contribution in [3.63, 3.8) is 0 Å². The highest BCUT2D eigenvalue weighted by Crippen LogP contribution is 2.12. The Labute approximate surface area is 178 Å². The van der Waals surface area contributed by atoms with Gasteiger partial charge < -0.3 is 10.1 Å². The Morgan fingerprint density at radius 1 is 1.17 bits per heavy atom. The molecule has 3 rings (SSSR count). The molecule has 1 unspecified atom stereocenters. The average Bonchev–Trinajstić information content (AvgIpc) is 2.71. The number of nitrogens with zero attached hydrogens (tertiary/aromatic N) is 2. The van der Waals surface area contributed by atoms with Gasteiger partial charge in [0.05, 0.1) is 5.69 Å². The van der Waals surface area contributed by atoms with E-state index in [0.717, 1.165) is 5.56 Å². The van der Waals surface area contributed by atoms with E-state index in [1.54, 1.807) is 50.4 Å². The number of hydrogen-bond donors (Lipinski definition) is 1. The monoisotopic (exact) mass is 427 g/mol. The highest BCUT2D eigenvalue weighted by atomic mass is 35.5. The standard InChI is InChI=1S/C22H22ClN3O4/c1-13(2)20(25-21(28)15-5-7-16(23)8-6-15)22(29)30-12-17-10-19(27)26-11-14(3)4-9-18(26)24-17/h4-11,13,20H,12H2,1-3H3,(H,25,28). The van der Waals surface area contributed by atoms with Gasteiger partial charge in [0.25, 0.3) is 11.5 Å². The summed E-state index contributed by atoms with van der Waals surface area (Å²) in [7, 11) is 0. The van der Waals surface area contributed by atoms with Crippen LogP contribution in [0.4, 0.5) is 0 Å². The third kappa shape index (κ3) is 5.04. The number of carbonyl (C=O) groups is 2. The van der Waals surface area contributed by atoms with Crippen molar-refractivity contribution in [2.24, 2.45) is 5.92 Å². The molecule has 0 radical (unpaired) electrons. The molecule has 1 amide bonds. The third-order valence-corrected chi connectivity index (χ3v) is 4.79. The van der Waals surface area contributed by atoms with Crippen LogP contribution in [0, 0.1) is 12.8 Å². The molecule has 8 heteroatoms. The lowest BCUT2D eigenvalue weighted by molar-refractivity contribution is -0.148. The van der Waals surface area contributed by atoms with Crippen molar-refractivity contribution in [2.75, 3.05) is 0 Å². The van der Waals surface area contributed by atoms with Crippen LogP contribution in [-0.2, 0) is 16.1 Å². The van der Waals surface area contributed by atoms with Crippen molar-refractivity contribution in [2.45, 2.75) is 33.4 Å². The lowest BCUT2D eigenvalue weighted by Crippen LogP contribution is -2.45. The lowest BCUT2D eigenvalue weighted by Gasteiger charge is -2.21. The molecule has 1 N–H and O–H groups in total. The quantitative estimate of drug-likeness (QED) is 0.610. The molecule has 1 aromatic carbocycles. The number of nitrogens with one attached hydrogen (secondary N) is 1. The van der Waals surface area contributed by atoms with Gasteiger partial charge in [0.2, 0.25) is 0 Å². The van der Waals surface area contributed by atoms with E-state index in [9.17, 15) is 14.4 Å². The molecule has 0 saturated carbocycles. The number of rotatable bonds is 6. The van der Waals surface area contributed by atoms with Crippen LogP contribution in [0.1, 0.15) is 35.5 Å².